The van der Waals surface area contributed by atoms with Gasteiger partial charge in [-0.3, -0.25) is 0 Å². The van der Waals surface area contributed by atoms with Crippen LogP contribution >= 0.6 is 23.1 Å². The molecule has 1 aliphatic heterocycles. The lowest BCUT2D eigenvalue weighted by Crippen LogP contribution is -2.34. The first-order valence-electron chi connectivity index (χ1n) is 7.88. The molecule has 0 saturated heterocycles. The lowest BCUT2D eigenvalue weighted by Gasteiger charge is -2.33. The van der Waals surface area contributed by atoms with Gasteiger partial charge in [0.1, 0.15) is 10.6 Å². The van der Waals surface area contributed by atoms with Gasteiger partial charge in [-0.15, -0.1) is 11.3 Å². The summed E-state index contributed by atoms with van der Waals surface area (Å²) >= 11 is 3.23. The van der Waals surface area contributed by atoms with Crippen molar-refractivity contribution in [2.24, 2.45) is 0 Å². The van der Waals surface area contributed by atoms with Crippen LogP contribution in [0.4, 0.5) is 5.82 Å². The van der Waals surface area contributed by atoms with Crippen LogP contribution in [0.1, 0.15) is 37.6 Å². The molecule has 0 aliphatic carbocycles. The fourth-order valence-corrected chi connectivity index (χ4v) is 4.27. The summed E-state index contributed by atoms with van der Waals surface area (Å²) in [5, 5.41) is 14.7. The number of aliphatic hydroxyl groups is 1. The highest BCUT2D eigenvalue weighted by Crippen LogP contribution is 2.42. The van der Waals surface area contributed by atoms with E-state index in [-0.39, 0.29) is 5.60 Å². The van der Waals surface area contributed by atoms with E-state index in [0.717, 1.165) is 34.0 Å². The fourth-order valence-electron chi connectivity index (χ4n) is 2.74. The Labute approximate surface area is 144 Å². The van der Waals surface area contributed by atoms with Crippen LogP contribution in [0.3, 0.4) is 0 Å². The van der Waals surface area contributed by atoms with Gasteiger partial charge in [-0.1, -0.05) is 18.7 Å². The van der Waals surface area contributed by atoms with Crippen molar-refractivity contribution >= 4 is 39.1 Å². The number of fused-ring (bicyclic) bond motifs is 3. The molecule has 0 radical (unpaired) electrons. The zero-order valence-electron chi connectivity index (χ0n) is 14.0. The van der Waals surface area contributed by atoms with Crippen LogP contribution in [-0.4, -0.2) is 39.6 Å². The summed E-state index contributed by atoms with van der Waals surface area (Å²) in [6.07, 6.45) is 3.41. The maximum Gasteiger partial charge on any atom is 0.190 e. The van der Waals surface area contributed by atoms with Crippen molar-refractivity contribution in [3.63, 3.8) is 0 Å². The van der Waals surface area contributed by atoms with E-state index in [0.29, 0.717) is 13.2 Å². The highest BCUT2D eigenvalue weighted by atomic mass is 32.2. The Morgan fingerprint density at radius 1 is 1.48 bits per heavy atom. The summed E-state index contributed by atoms with van der Waals surface area (Å²) in [6.45, 7) is 7.22. The van der Waals surface area contributed by atoms with Crippen molar-refractivity contribution in [2.75, 3.05) is 18.1 Å². The minimum absolute atomic E-state index is 0.124. The Balaban J connectivity index is 2.11. The predicted octanol–water partition coefficient (Wildman–Crippen LogP) is 3.45. The number of thioether (sulfide) groups is 1. The third-order valence-electron chi connectivity index (χ3n) is 4.31. The molecule has 2 aromatic heterocycles. The molecule has 126 valence electrons. The molecule has 23 heavy (non-hydrogen) atoms. The van der Waals surface area contributed by atoms with E-state index in [1.54, 1.807) is 18.3 Å². The molecular formula is C16H23N3O2S2. The van der Waals surface area contributed by atoms with E-state index in [2.05, 4.69) is 29.1 Å². The van der Waals surface area contributed by atoms with Gasteiger partial charge < -0.3 is 15.2 Å². The summed E-state index contributed by atoms with van der Waals surface area (Å²) in [5.74, 6) is 0.832. The van der Waals surface area contributed by atoms with Crippen molar-refractivity contribution in [3.8, 4) is 0 Å². The zero-order valence-corrected chi connectivity index (χ0v) is 15.6. The van der Waals surface area contributed by atoms with Gasteiger partial charge in [0.2, 0.25) is 0 Å². The molecule has 3 rings (SSSR count). The maximum absolute atomic E-state index is 9.59. The molecule has 5 nitrogen and oxygen atoms in total. The number of aromatic nitrogens is 2. The van der Waals surface area contributed by atoms with Crippen LogP contribution in [0.25, 0.3) is 10.2 Å². The topological polar surface area (TPSA) is 67.3 Å². The molecule has 1 aliphatic rings. The average Bonchev–Trinajstić information content (AvgIpc) is 2.89. The average molecular weight is 354 g/mol. The van der Waals surface area contributed by atoms with Gasteiger partial charge in [0.05, 0.1) is 23.7 Å². The zero-order chi connectivity index (χ0) is 16.6. The number of hydrogen-bond acceptors (Lipinski definition) is 7. The summed E-state index contributed by atoms with van der Waals surface area (Å²) in [4.78, 5) is 11.6. The molecule has 2 N–H and O–H groups in total. The Morgan fingerprint density at radius 2 is 2.26 bits per heavy atom. The molecule has 7 heteroatoms. The summed E-state index contributed by atoms with van der Waals surface area (Å²) in [7, 11) is 0. The van der Waals surface area contributed by atoms with E-state index in [4.69, 9.17) is 4.74 Å². The number of rotatable bonds is 5. The summed E-state index contributed by atoms with van der Waals surface area (Å²) < 4.78 is 6.06. The van der Waals surface area contributed by atoms with E-state index < -0.39 is 6.10 Å². The molecule has 3 heterocycles. The van der Waals surface area contributed by atoms with Gasteiger partial charge in [0, 0.05) is 17.8 Å². The predicted molar refractivity (Wildman–Crippen MR) is 96.6 cm³/mol. The third-order valence-corrected chi connectivity index (χ3v) is 5.96. The van der Waals surface area contributed by atoms with Gasteiger partial charge in [0.15, 0.2) is 5.16 Å². The van der Waals surface area contributed by atoms with Crippen LogP contribution in [0.2, 0.25) is 0 Å². The van der Waals surface area contributed by atoms with Crippen LogP contribution in [-0.2, 0) is 17.8 Å². The summed E-state index contributed by atoms with van der Waals surface area (Å²) in [6, 6.07) is 0. The van der Waals surface area contributed by atoms with Gasteiger partial charge in [-0.25, -0.2) is 9.97 Å². The number of nitrogens with zero attached hydrogens (tertiary/aromatic N) is 2. The van der Waals surface area contributed by atoms with E-state index in [9.17, 15) is 5.11 Å². The fraction of sp³-hybridized carbons (Fsp3) is 0.625. The van der Waals surface area contributed by atoms with Crippen molar-refractivity contribution in [1.29, 1.82) is 0 Å². The van der Waals surface area contributed by atoms with Crippen LogP contribution in [0.15, 0.2) is 5.16 Å². The van der Waals surface area contributed by atoms with Gasteiger partial charge in [0.25, 0.3) is 0 Å². The first-order valence-corrected chi connectivity index (χ1v) is 9.92. The second kappa shape index (κ2) is 6.55. The summed E-state index contributed by atoms with van der Waals surface area (Å²) in [5.41, 5.74) is 1.18. The highest BCUT2D eigenvalue weighted by Gasteiger charge is 2.33. The van der Waals surface area contributed by atoms with Crippen LogP contribution in [0.5, 0.6) is 0 Å². The number of nitrogens with one attached hydrogen (secondary N) is 1. The van der Waals surface area contributed by atoms with Crippen LogP contribution < -0.4 is 5.32 Å². The van der Waals surface area contributed by atoms with Gasteiger partial charge in [-0.2, -0.15) is 0 Å². The maximum atomic E-state index is 9.59. The third kappa shape index (κ3) is 3.33. The van der Waals surface area contributed by atoms with Crippen LogP contribution in [0, 0.1) is 0 Å². The molecule has 0 saturated carbocycles. The second-order valence-corrected chi connectivity index (χ2v) is 8.10. The molecule has 0 amide bonds. The Kier molecular flexibility index (Phi) is 4.83. The Bertz CT molecular complexity index is 717. The van der Waals surface area contributed by atoms with Crippen molar-refractivity contribution in [3.05, 3.63) is 10.4 Å². The minimum atomic E-state index is -0.420. The molecule has 0 spiro atoms. The van der Waals surface area contributed by atoms with E-state index in [1.807, 2.05) is 6.26 Å². The normalized spacial score (nSPS) is 22.1. The molecule has 0 unspecified atom stereocenters. The molecule has 2 aromatic rings. The molecule has 0 aromatic carbocycles. The highest BCUT2D eigenvalue weighted by molar-refractivity contribution is 7.98. The SMILES string of the molecule is CC[C@@]1(C)Cc2c(sc3nc(SC)nc(NC[C@H](C)O)c23)CO1. The lowest BCUT2D eigenvalue weighted by atomic mass is 9.90. The first-order chi connectivity index (χ1) is 11.0. The quantitative estimate of drug-likeness (QED) is 0.634. The number of hydrogen-bond donors (Lipinski definition) is 2. The number of aliphatic hydroxyl groups excluding tert-OH is 1. The molecular weight excluding hydrogens is 330 g/mol. The minimum Gasteiger partial charge on any atom is -0.392 e. The van der Waals surface area contributed by atoms with Crippen molar-refractivity contribution < 1.29 is 9.84 Å². The Hall–Kier alpha value is -0.890. The number of thiophene rings is 1. The van der Waals surface area contributed by atoms with Crippen molar-refractivity contribution in [1.82, 2.24) is 9.97 Å². The largest absolute Gasteiger partial charge is 0.392 e. The lowest BCUT2D eigenvalue weighted by molar-refractivity contribution is -0.0542. The number of ether oxygens (including phenoxy) is 1. The second-order valence-electron chi connectivity index (χ2n) is 6.24. The smallest absolute Gasteiger partial charge is 0.190 e. The van der Waals surface area contributed by atoms with Crippen molar-refractivity contribution in [2.45, 2.75) is 57.1 Å². The first kappa shape index (κ1) is 17.0. The standard InChI is InChI=1S/C16H23N3O2S2/c1-5-16(3)6-10-11(8-21-16)23-14-12(10)13(17-7-9(2)20)18-15(19-14)22-4/h9,20H,5-8H2,1-4H3,(H,17,18,19)/t9-,16-/m0/s1. The monoisotopic (exact) mass is 353 g/mol. The Morgan fingerprint density at radius 3 is 2.91 bits per heavy atom. The van der Waals surface area contributed by atoms with E-state index >= 15 is 0 Å². The molecule has 0 bridgehead atoms. The van der Waals surface area contributed by atoms with Gasteiger partial charge in [-0.05, 0) is 32.1 Å². The van der Waals surface area contributed by atoms with E-state index in [1.165, 1.54) is 22.2 Å². The molecule has 0 fully saturated rings. The number of anilines is 1. The molecule has 2 atom stereocenters. The van der Waals surface area contributed by atoms with Gasteiger partial charge >= 0.3 is 0 Å².